The second-order valence-electron chi connectivity index (χ2n) is 5.20. The van der Waals surface area contributed by atoms with Crippen LogP contribution < -0.4 is 11.1 Å². The minimum atomic E-state index is -3.68. The Labute approximate surface area is 119 Å². The molecule has 1 aliphatic carbocycles. The van der Waals surface area contributed by atoms with Crippen molar-refractivity contribution in [3.05, 3.63) is 24.3 Å². The number of nitrogens with two attached hydrogens (primary N) is 1. The van der Waals surface area contributed by atoms with E-state index in [1.807, 2.05) is 0 Å². The van der Waals surface area contributed by atoms with Crippen LogP contribution in [0.25, 0.3) is 0 Å². The number of amides is 1. The molecule has 1 aromatic rings. The molecule has 1 amide bonds. The molecular formula is C14H20N2O3S. The summed E-state index contributed by atoms with van der Waals surface area (Å²) < 4.78 is 24.3. The van der Waals surface area contributed by atoms with Gasteiger partial charge in [-0.05, 0) is 25.0 Å². The van der Waals surface area contributed by atoms with E-state index in [9.17, 15) is 13.2 Å². The van der Waals surface area contributed by atoms with Crippen LogP contribution in [0.5, 0.6) is 0 Å². The highest BCUT2D eigenvalue weighted by Gasteiger charge is 2.23. The van der Waals surface area contributed by atoms with E-state index in [2.05, 4.69) is 5.32 Å². The topological polar surface area (TPSA) is 89.3 Å². The number of sulfone groups is 1. The van der Waals surface area contributed by atoms with Crippen molar-refractivity contribution in [1.29, 1.82) is 0 Å². The number of anilines is 1. The van der Waals surface area contributed by atoms with Crippen LogP contribution in [0.1, 0.15) is 32.1 Å². The average Bonchev–Trinajstić information content (AvgIpc) is 2.39. The molecule has 1 saturated carbocycles. The molecular weight excluding hydrogens is 276 g/mol. The molecule has 0 aliphatic heterocycles. The van der Waals surface area contributed by atoms with Gasteiger partial charge < -0.3 is 11.1 Å². The molecule has 0 saturated heterocycles. The largest absolute Gasteiger partial charge is 0.398 e. The summed E-state index contributed by atoms with van der Waals surface area (Å²) in [4.78, 5) is 11.9. The molecule has 0 spiro atoms. The molecule has 1 fully saturated rings. The van der Waals surface area contributed by atoms with Crippen molar-refractivity contribution in [3.63, 3.8) is 0 Å². The minimum absolute atomic E-state index is 0.0267. The number of rotatable bonds is 4. The fourth-order valence-corrected chi connectivity index (χ4v) is 3.83. The molecule has 1 aromatic carbocycles. The lowest BCUT2D eigenvalue weighted by atomic mass is 9.95. The highest BCUT2D eigenvalue weighted by atomic mass is 32.2. The number of para-hydroxylation sites is 1. The summed E-state index contributed by atoms with van der Waals surface area (Å²) in [5, 5.41) is 2.81. The molecule has 0 radical (unpaired) electrons. The molecule has 0 aromatic heterocycles. The summed E-state index contributed by atoms with van der Waals surface area (Å²) in [5.74, 6) is -0.988. The molecule has 1 aliphatic rings. The Balaban J connectivity index is 2.01. The van der Waals surface area contributed by atoms with Gasteiger partial charge in [0.05, 0.1) is 10.6 Å². The predicted molar refractivity (Wildman–Crippen MR) is 77.9 cm³/mol. The van der Waals surface area contributed by atoms with Crippen molar-refractivity contribution in [2.45, 2.75) is 43.0 Å². The van der Waals surface area contributed by atoms with Gasteiger partial charge in [-0.3, -0.25) is 4.79 Å². The monoisotopic (exact) mass is 296 g/mol. The van der Waals surface area contributed by atoms with Gasteiger partial charge in [-0.25, -0.2) is 8.42 Å². The number of carbonyl (C=O) groups is 1. The lowest BCUT2D eigenvalue weighted by Gasteiger charge is -2.22. The molecule has 6 heteroatoms. The average molecular weight is 296 g/mol. The SMILES string of the molecule is Nc1ccccc1S(=O)(=O)CC(=O)NC1CCCCC1. The Bertz CT molecular complexity index is 578. The first-order valence-electron chi connectivity index (χ1n) is 6.86. The molecule has 5 nitrogen and oxygen atoms in total. The maximum Gasteiger partial charge on any atom is 0.235 e. The summed E-state index contributed by atoms with van der Waals surface area (Å²) in [6.45, 7) is 0. The van der Waals surface area contributed by atoms with E-state index in [1.54, 1.807) is 12.1 Å². The second kappa shape index (κ2) is 6.26. The standard InChI is InChI=1S/C14H20N2O3S/c15-12-8-4-5-9-13(12)20(18,19)10-14(17)16-11-6-2-1-3-7-11/h4-5,8-9,11H,1-3,6-7,10,15H2,(H,16,17). The number of carbonyl (C=O) groups excluding carboxylic acids is 1. The van der Waals surface area contributed by atoms with Crippen molar-refractivity contribution in [3.8, 4) is 0 Å². The smallest absolute Gasteiger partial charge is 0.235 e. The van der Waals surface area contributed by atoms with Crippen LogP contribution >= 0.6 is 0 Å². The number of nitrogen functional groups attached to an aromatic ring is 1. The third-order valence-electron chi connectivity index (χ3n) is 3.55. The lowest BCUT2D eigenvalue weighted by molar-refractivity contribution is -0.119. The lowest BCUT2D eigenvalue weighted by Crippen LogP contribution is -2.39. The van der Waals surface area contributed by atoms with Crippen LogP contribution in [-0.2, 0) is 14.6 Å². The summed E-state index contributed by atoms with van der Waals surface area (Å²) in [6.07, 6.45) is 5.22. The molecule has 110 valence electrons. The van der Waals surface area contributed by atoms with E-state index in [-0.39, 0.29) is 16.6 Å². The van der Waals surface area contributed by atoms with Crippen LogP contribution in [-0.4, -0.2) is 26.1 Å². The van der Waals surface area contributed by atoms with Crippen LogP contribution in [0.3, 0.4) is 0 Å². The van der Waals surface area contributed by atoms with Gasteiger partial charge in [0.15, 0.2) is 9.84 Å². The van der Waals surface area contributed by atoms with Gasteiger partial charge in [0, 0.05) is 6.04 Å². The van der Waals surface area contributed by atoms with E-state index < -0.39 is 21.5 Å². The molecule has 3 N–H and O–H groups in total. The summed E-state index contributed by atoms with van der Waals surface area (Å²) in [5.41, 5.74) is 5.83. The first-order chi connectivity index (χ1) is 9.49. The fourth-order valence-electron chi connectivity index (χ4n) is 2.53. The van der Waals surface area contributed by atoms with Crippen molar-refractivity contribution in [2.24, 2.45) is 0 Å². The zero-order valence-corrected chi connectivity index (χ0v) is 12.2. The van der Waals surface area contributed by atoms with Gasteiger partial charge in [-0.2, -0.15) is 0 Å². The molecule has 0 unspecified atom stereocenters. The first-order valence-corrected chi connectivity index (χ1v) is 8.51. The Morgan fingerprint density at radius 3 is 2.50 bits per heavy atom. The Morgan fingerprint density at radius 2 is 1.85 bits per heavy atom. The molecule has 0 heterocycles. The molecule has 2 rings (SSSR count). The van der Waals surface area contributed by atoms with E-state index >= 15 is 0 Å². The molecule has 20 heavy (non-hydrogen) atoms. The van der Waals surface area contributed by atoms with Crippen LogP contribution in [0.4, 0.5) is 5.69 Å². The number of benzene rings is 1. The zero-order valence-electron chi connectivity index (χ0n) is 11.3. The van der Waals surface area contributed by atoms with Crippen molar-refractivity contribution >= 4 is 21.4 Å². The molecule has 0 bridgehead atoms. The summed E-state index contributed by atoms with van der Waals surface area (Å²) in [7, 11) is -3.68. The maximum absolute atomic E-state index is 12.2. The Hall–Kier alpha value is -1.56. The third kappa shape index (κ3) is 3.72. The summed E-state index contributed by atoms with van der Waals surface area (Å²) in [6, 6.07) is 6.32. The van der Waals surface area contributed by atoms with Crippen molar-refractivity contribution in [1.82, 2.24) is 5.32 Å². The number of hydrogen-bond donors (Lipinski definition) is 2. The highest BCUT2D eigenvalue weighted by Crippen LogP contribution is 2.20. The fraction of sp³-hybridized carbons (Fsp3) is 0.500. The van der Waals surface area contributed by atoms with Gasteiger partial charge >= 0.3 is 0 Å². The Kier molecular flexibility index (Phi) is 4.65. The molecule has 0 atom stereocenters. The third-order valence-corrected chi connectivity index (χ3v) is 5.23. The second-order valence-corrected chi connectivity index (χ2v) is 7.16. The zero-order chi connectivity index (χ0) is 14.6. The van der Waals surface area contributed by atoms with Crippen LogP contribution in [0.15, 0.2) is 29.2 Å². The van der Waals surface area contributed by atoms with Crippen LogP contribution in [0.2, 0.25) is 0 Å². The summed E-state index contributed by atoms with van der Waals surface area (Å²) >= 11 is 0. The van der Waals surface area contributed by atoms with Crippen LogP contribution in [0, 0.1) is 0 Å². The van der Waals surface area contributed by atoms with E-state index in [4.69, 9.17) is 5.73 Å². The van der Waals surface area contributed by atoms with Gasteiger partial charge in [0.1, 0.15) is 5.75 Å². The van der Waals surface area contributed by atoms with E-state index in [1.165, 1.54) is 18.6 Å². The van der Waals surface area contributed by atoms with Crippen molar-refractivity contribution < 1.29 is 13.2 Å². The number of nitrogens with one attached hydrogen (secondary N) is 1. The maximum atomic E-state index is 12.2. The quantitative estimate of drug-likeness (QED) is 0.824. The predicted octanol–water partition coefficient (Wildman–Crippen LogP) is 1.49. The van der Waals surface area contributed by atoms with E-state index in [0.29, 0.717) is 0 Å². The van der Waals surface area contributed by atoms with Gasteiger partial charge in [0.25, 0.3) is 0 Å². The Morgan fingerprint density at radius 1 is 1.20 bits per heavy atom. The van der Waals surface area contributed by atoms with Gasteiger partial charge in [0.2, 0.25) is 5.91 Å². The van der Waals surface area contributed by atoms with E-state index in [0.717, 1.165) is 25.7 Å². The van der Waals surface area contributed by atoms with Gasteiger partial charge in [-0.1, -0.05) is 31.4 Å². The first kappa shape index (κ1) is 14.8. The minimum Gasteiger partial charge on any atom is -0.398 e. The number of hydrogen-bond acceptors (Lipinski definition) is 4. The van der Waals surface area contributed by atoms with Crippen molar-refractivity contribution in [2.75, 3.05) is 11.5 Å². The normalized spacial score (nSPS) is 16.8. The highest BCUT2D eigenvalue weighted by molar-refractivity contribution is 7.92. The van der Waals surface area contributed by atoms with Gasteiger partial charge in [-0.15, -0.1) is 0 Å².